The minimum absolute atomic E-state index is 0.499. The number of nitrogens with one attached hydrogen (secondary N) is 1. The Hall–Kier alpha value is -1.96. The number of nitrogens with zero attached hydrogens (tertiary/aromatic N) is 1. The maximum atomic E-state index is 13.6. The third-order valence-corrected chi connectivity index (χ3v) is 3.88. The van der Waals surface area contributed by atoms with Crippen LogP contribution >= 0.6 is 0 Å². The maximum absolute atomic E-state index is 13.6. The molecule has 0 aromatic heterocycles. The monoisotopic (exact) mass is 278 g/mol. The van der Waals surface area contributed by atoms with Crippen LogP contribution in [0.5, 0.6) is 0 Å². The Morgan fingerprint density at radius 2 is 1.90 bits per heavy atom. The van der Waals surface area contributed by atoms with Crippen LogP contribution in [0.25, 0.3) is 0 Å². The van der Waals surface area contributed by atoms with Gasteiger partial charge < -0.3 is 5.32 Å². The number of halogens is 2. The molecule has 1 aliphatic carbocycles. The molecular formula is C15H16F2N2O. The molecule has 3 nitrogen and oxygen atoms in total. The van der Waals surface area contributed by atoms with E-state index >= 15 is 0 Å². The average Bonchev–Trinajstić information content (AvgIpc) is 2.41. The highest BCUT2D eigenvalue weighted by atomic mass is 19.1. The Bertz CT molecular complexity index is 537. The third-order valence-electron chi connectivity index (χ3n) is 3.88. The van der Waals surface area contributed by atoms with E-state index in [1.807, 2.05) is 0 Å². The zero-order valence-corrected chi connectivity index (χ0v) is 11.2. The van der Waals surface area contributed by atoms with Gasteiger partial charge in [0.1, 0.15) is 22.7 Å². The van der Waals surface area contributed by atoms with Crippen molar-refractivity contribution in [3.8, 4) is 6.07 Å². The smallest absolute Gasteiger partial charge is 0.258 e. The van der Waals surface area contributed by atoms with Gasteiger partial charge in [-0.3, -0.25) is 4.79 Å². The van der Waals surface area contributed by atoms with E-state index in [0.29, 0.717) is 18.8 Å². The normalized spacial score (nSPS) is 25.8. The molecule has 5 heteroatoms. The standard InChI is InChI=1S/C15H16F2N2O/c1-10-5-7-15(9-18,8-6-10)19-14(20)13-11(16)3-2-4-12(13)17/h2-4,10H,5-8H2,1H3,(H,19,20). The van der Waals surface area contributed by atoms with Gasteiger partial charge in [-0.2, -0.15) is 5.26 Å². The molecule has 0 unspecified atom stereocenters. The quantitative estimate of drug-likeness (QED) is 0.903. The number of carbonyl (C=O) groups excluding carboxylic acids is 1. The highest BCUT2D eigenvalue weighted by Crippen LogP contribution is 2.31. The van der Waals surface area contributed by atoms with E-state index < -0.39 is 28.6 Å². The van der Waals surface area contributed by atoms with Gasteiger partial charge in [-0.05, 0) is 43.7 Å². The van der Waals surface area contributed by atoms with Crippen molar-refractivity contribution in [2.75, 3.05) is 0 Å². The molecule has 106 valence electrons. The lowest BCUT2D eigenvalue weighted by Gasteiger charge is -2.34. The minimum atomic E-state index is -1.02. The molecule has 0 aliphatic heterocycles. The number of amides is 1. The first-order valence-corrected chi connectivity index (χ1v) is 6.65. The van der Waals surface area contributed by atoms with Crippen molar-refractivity contribution in [1.82, 2.24) is 5.32 Å². The molecular weight excluding hydrogens is 262 g/mol. The first-order valence-electron chi connectivity index (χ1n) is 6.65. The third kappa shape index (κ3) is 2.79. The van der Waals surface area contributed by atoms with E-state index in [4.69, 9.17) is 0 Å². The van der Waals surface area contributed by atoms with Gasteiger partial charge in [0, 0.05) is 0 Å². The number of carbonyl (C=O) groups is 1. The lowest BCUT2D eigenvalue weighted by Crippen LogP contribution is -2.49. The Labute approximate surface area is 116 Å². The topological polar surface area (TPSA) is 52.9 Å². The summed E-state index contributed by atoms with van der Waals surface area (Å²) < 4.78 is 27.1. The highest BCUT2D eigenvalue weighted by Gasteiger charge is 2.36. The van der Waals surface area contributed by atoms with E-state index in [1.165, 1.54) is 6.07 Å². The van der Waals surface area contributed by atoms with Crippen molar-refractivity contribution in [3.05, 3.63) is 35.4 Å². The Morgan fingerprint density at radius 1 is 1.35 bits per heavy atom. The van der Waals surface area contributed by atoms with Crippen LogP contribution in [0.2, 0.25) is 0 Å². The van der Waals surface area contributed by atoms with Crippen molar-refractivity contribution in [2.24, 2.45) is 5.92 Å². The van der Waals surface area contributed by atoms with Gasteiger partial charge in [-0.25, -0.2) is 8.78 Å². The lowest BCUT2D eigenvalue weighted by molar-refractivity contribution is 0.0885. The SMILES string of the molecule is CC1CCC(C#N)(NC(=O)c2c(F)cccc2F)CC1. The van der Waals surface area contributed by atoms with Crippen LogP contribution in [-0.2, 0) is 0 Å². The average molecular weight is 278 g/mol. The van der Waals surface area contributed by atoms with Crippen LogP contribution in [0, 0.1) is 28.9 Å². The van der Waals surface area contributed by atoms with Crippen molar-refractivity contribution >= 4 is 5.91 Å². The molecule has 20 heavy (non-hydrogen) atoms. The number of rotatable bonds is 2. The van der Waals surface area contributed by atoms with Crippen molar-refractivity contribution in [1.29, 1.82) is 5.26 Å². The summed E-state index contributed by atoms with van der Waals surface area (Å²) in [5, 5.41) is 11.8. The fourth-order valence-corrected chi connectivity index (χ4v) is 2.51. The van der Waals surface area contributed by atoms with Gasteiger partial charge in [0.2, 0.25) is 0 Å². The van der Waals surface area contributed by atoms with Crippen LogP contribution < -0.4 is 5.32 Å². The second-order valence-corrected chi connectivity index (χ2v) is 5.43. The fourth-order valence-electron chi connectivity index (χ4n) is 2.51. The number of hydrogen-bond acceptors (Lipinski definition) is 2. The lowest BCUT2D eigenvalue weighted by atomic mass is 9.78. The van der Waals surface area contributed by atoms with Crippen LogP contribution in [0.1, 0.15) is 43.0 Å². The van der Waals surface area contributed by atoms with Gasteiger partial charge in [0.25, 0.3) is 5.91 Å². The van der Waals surface area contributed by atoms with E-state index in [0.717, 1.165) is 25.0 Å². The van der Waals surface area contributed by atoms with Crippen molar-refractivity contribution in [2.45, 2.75) is 38.1 Å². The van der Waals surface area contributed by atoms with Crippen LogP contribution in [-0.4, -0.2) is 11.4 Å². The van der Waals surface area contributed by atoms with Gasteiger partial charge in [-0.1, -0.05) is 13.0 Å². The van der Waals surface area contributed by atoms with Gasteiger partial charge in [0.15, 0.2) is 0 Å². The Kier molecular flexibility index (Phi) is 4.03. The molecule has 1 aromatic carbocycles. The summed E-state index contributed by atoms with van der Waals surface area (Å²) in [6.07, 6.45) is 2.64. The summed E-state index contributed by atoms with van der Waals surface area (Å²) in [5.41, 5.74) is -1.64. The maximum Gasteiger partial charge on any atom is 0.258 e. The molecule has 0 spiro atoms. The largest absolute Gasteiger partial charge is 0.334 e. The summed E-state index contributed by atoms with van der Waals surface area (Å²) in [6.45, 7) is 2.08. The molecule has 1 aliphatic rings. The van der Waals surface area contributed by atoms with Crippen molar-refractivity contribution in [3.63, 3.8) is 0 Å². The predicted molar refractivity (Wildman–Crippen MR) is 69.8 cm³/mol. The molecule has 2 rings (SSSR count). The molecule has 0 atom stereocenters. The molecule has 0 saturated heterocycles. The second-order valence-electron chi connectivity index (χ2n) is 5.43. The summed E-state index contributed by atoms with van der Waals surface area (Å²) in [6, 6.07) is 5.35. The zero-order valence-electron chi connectivity index (χ0n) is 11.2. The van der Waals surface area contributed by atoms with Crippen LogP contribution in [0.15, 0.2) is 18.2 Å². The zero-order chi connectivity index (χ0) is 14.8. The summed E-state index contributed by atoms with van der Waals surface area (Å²) in [5.74, 6) is -2.20. The molecule has 1 amide bonds. The molecule has 1 fully saturated rings. The summed E-state index contributed by atoms with van der Waals surface area (Å²) in [7, 11) is 0. The number of hydrogen-bond donors (Lipinski definition) is 1. The van der Waals surface area contributed by atoms with Gasteiger partial charge >= 0.3 is 0 Å². The predicted octanol–water partition coefficient (Wildman–Crippen LogP) is 3.17. The van der Waals surface area contributed by atoms with Crippen molar-refractivity contribution < 1.29 is 13.6 Å². The van der Waals surface area contributed by atoms with Crippen LogP contribution in [0.4, 0.5) is 8.78 Å². The summed E-state index contributed by atoms with van der Waals surface area (Å²) in [4.78, 5) is 12.1. The second kappa shape index (κ2) is 5.58. The molecule has 1 aromatic rings. The summed E-state index contributed by atoms with van der Waals surface area (Å²) >= 11 is 0. The molecule has 1 N–H and O–H groups in total. The molecule has 0 bridgehead atoms. The highest BCUT2D eigenvalue weighted by molar-refractivity contribution is 5.95. The minimum Gasteiger partial charge on any atom is -0.334 e. The van der Waals surface area contributed by atoms with E-state index in [9.17, 15) is 18.8 Å². The first-order chi connectivity index (χ1) is 9.47. The van der Waals surface area contributed by atoms with Gasteiger partial charge in [0.05, 0.1) is 6.07 Å². The first kappa shape index (κ1) is 14.4. The Balaban J connectivity index is 2.21. The fraction of sp³-hybridized carbons (Fsp3) is 0.467. The van der Waals surface area contributed by atoms with E-state index in [-0.39, 0.29) is 0 Å². The Morgan fingerprint density at radius 3 is 2.40 bits per heavy atom. The molecule has 1 saturated carbocycles. The number of nitriles is 1. The van der Waals surface area contributed by atoms with Gasteiger partial charge in [-0.15, -0.1) is 0 Å². The van der Waals surface area contributed by atoms with E-state index in [2.05, 4.69) is 18.3 Å². The van der Waals surface area contributed by atoms with Crippen LogP contribution in [0.3, 0.4) is 0 Å². The number of benzene rings is 1. The van der Waals surface area contributed by atoms with E-state index in [1.54, 1.807) is 0 Å². The molecule has 0 radical (unpaired) electrons. The molecule has 0 heterocycles.